The van der Waals surface area contributed by atoms with Crippen molar-refractivity contribution in [2.24, 2.45) is 5.73 Å². The van der Waals surface area contributed by atoms with E-state index in [0.29, 0.717) is 5.02 Å². The van der Waals surface area contributed by atoms with Crippen molar-refractivity contribution in [1.29, 1.82) is 0 Å². The molecule has 0 amide bonds. The van der Waals surface area contributed by atoms with E-state index < -0.39 is 0 Å². The van der Waals surface area contributed by atoms with Crippen LogP contribution in [0.25, 0.3) is 0 Å². The molecule has 4 heteroatoms. The van der Waals surface area contributed by atoms with E-state index in [0.717, 1.165) is 15.6 Å². The predicted octanol–water partition coefficient (Wildman–Crippen LogP) is 4.29. The lowest BCUT2D eigenvalue weighted by Gasteiger charge is -2.13. The first-order valence-corrected chi connectivity index (χ1v) is 6.21. The minimum Gasteiger partial charge on any atom is -0.320 e. The van der Waals surface area contributed by atoms with Crippen molar-refractivity contribution in [2.75, 3.05) is 0 Å². The quantitative estimate of drug-likeness (QED) is 0.879. The Morgan fingerprint density at radius 3 is 2.24 bits per heavy atom. The topological polar surface area (TPSA) is 26.0 Å². The Hall–Kier alpha value is -0.900. The smallest absolute Gasteiger partial charge is 0.123 e. The summed E-state index contributed by atoms with van der Waals surface area (Å²) < 4.78 is 13.6. The van der Waals surface area contributed by atoms with Crippen molar-refractivity contribution in [3.05, 3.63) is 68.9 Å². The lowest BCUT2D eigenvalue weighted by molar-refractivity contribution is 0.626. The maximum Gasteiger partial charge on any atom is 0.123 e. The van der Waals surface area contributed by atoms with Crippen LogP contribution in [0.15, 0.2) is 46.9 Å². The van der Waals surface area contributed by atoms with Gasteiger partial charge in [-0.1, -0.05) is 29.8 Å². The van der Waals surface area contributed by atoms with E-state index in [4.69, 9.17) is 17.3 Å². The molecule has 2 aromatic carbocycles. The normalized spacial score (nSPS) is 12.5. The Morgan fingerprint density at radius 1 is 1.06 bits per heavy atom. The minimum absolute atomic E-state index is 0.269. The second-order valence-corrected chi connectivity index (χ2v) is 4.96. The molecule has 2 aromatic rings. The third kappa shape index (κ3) is 2.86. The summed E-state index contributed by atoms with van der Waals surface area (Å²) in [6, 6.07) is 11.4. The molecule has 88 valence electrons. The van der Waals surface area contributed by atoms with E-state index in [1.165, 1.54) is 12.1 Å². The van der Waals surface area contributed by atoms with Gasteiger partial charge in [0.1, 0.15) is 5.82 Å². The Balaban J connectivity index is 2.33. The monoisotopic (exact) mass is 313 g/mol. The van der Waals surface area contributed by atoms with Crippen LogP contribution in [-0.4, -0.2) is 0 Å². The molecule has 0 saturated carbocycles. The van der Waals surface area contributed by atoms with Crippen LogP contribution in [0.5, 0.6) is 0 Å². The van der Waals surface area contributed by atoms with Crippen molar-refractivity contribution < 1.29 is 4.39 Å². The van der Waals surface area contributed by atoms with Crippen molar-refractivity contribution in [3.8, 4) is 0 Å². The summed E-state index contributed by atoms with van der Waals surface area (Å²) in [4.78, 5) is 0. The van der Waals surface area contributed by atoms with Crippen molar-refractivity contribution >= 4 is 27.5 Å². The van der Waals surface area contributed by atoms with Gasteiger partial charge in [0.2, 0.25) is 0 Å². The van der Waals surface area contributed by atoms with E-state index in [2.05, 4.69) is 15.9 Å². The molecule has 2 N–H and O–H groups in total. The van der Waals surface area contributed by atoms with Gasteiger partial charge in [0.05, 0.1) is 11.1 Å². The fourth-order valence-electron chi connectivity index (χ4n) is 1.57. The number of nitrogens with two attached hydrogens (primary N) is 1. The third-order valence-corrected chi connectivity index (χ3v) is 3.76. The Bertz CT molecular complexity index is 527. The SMILES string of the molecule is NC(c1ccc(F)cc1)c1ccc(Br)c(Cl)c1. The molecule has 1 atom stereocenters. The van der Waals surface area contributed by atoms with Gasteiger partial charge in [-0.15, -0.1) is 0 Å². The average molecular weight is 315 g/mol. The van der Waals surface area contributed by atoms with Crippen LogP contribution < -0.4 is 5.73 Å². The molecule has 1 unspecified atom stereocenters. The van der Waals surface area contributed by atoms with Gasteiger partial charge < -0.3 is 5.73 Å². The van der Waals surface area contributed by atoms with Gasteiger partial charge in [0.25, 0.3) is 0 Å². The number of hydrogen-bond acceptors (Lipinski definition) is 1. The zero-order valence-electron chi connectivity index (χ0n) is 8.83. The second kappa shape index (κ2) is 5.17. The Labute approximate surface area is 113 Å². The highest BCUT2D eigenvalue weighted by Crippen LogP contribution is 2.27. The highest BCUT2D eigenvalue weighted by atomic mass is 79.9. The largest absolute Gasteiger partial charge is 0.320 e. The van der Waals surface area contributed by atoms with Gasteiger partial charge in [0.15, 0.2) is 0 Å². The summed E-state index contributed by atoms with van der Waals surface area (Å²) in [7, 11) is 0. The molecule has 2 rings (SSSR count). The first kappa shape index (κ1) is 12.6. The highest BCUT2D eigenvalue weighted by molar-refractivity contribution is 9.10. The highest BCUT2D eigenvalue weighted by Gasteiger charge is 2.10. The number of benzene rings is 2. The van der Waals surface area contributed by atoms with E-state index in [-0.39, 0.29) is 11.9 Å². The molecule has 0 spiro atoms. The predicted molar refractivity (Wildman–Crippen MR) is 71.6 cm³/mol. The van der Waals surface area contributed by atoms with Crippen LogP contribution >= 0.6 is 27.5 Å². The first-order chi connectivity index (χ1) is 8.08. The molecular weight excluding hydrogens is 305 g/mol. The van der Waals surface area contributed by atoms with E-state index in [1.807, 2.05) is 12.1 Å². The fraction of sp³-hybridized carbons (Fsp3) is 0.0769. The molecule has 0 saturated heterocycles. The minimum atomic E-state index is -0.304. The van der Waals surface area contributed by atoms with Gasteiger partial charge in [-0.05, 0) is 51.3 Å². The van der Waals surface area contributed by atoms with E-state index in [1.54, 1.807) is 18.2 Å². The molecule has 0 fully saturated rings. The summed E-state index contributed by atoms with van der Waals surface area (Å²) >= 11 is 9.33. The maximum absolute atomic E-state index is 12.8. The van der Waals surface area contributed by atoms with Gasteiger partial charge in [0, 0.05) is 4.47 Å². The van der Waals surface area contributed by atoms with Crippen LogP contribution in [0.3, 0.4) is 0 Å². The number of hydrogen-bond donors (Lipinski definition) is 1. The lowest BCUT2D eigenvalue weighted by atomic mass is 10.00. The molecule has 0 aliphatic carbocycles. The summed E-state index contributed by atoms with van der Waals surface area (Å²) in [5.41, 5.74) is 7.83. The summed E-state index contributed by atoms with van der Waals surface area (Å²) in [5.74, 6) is -0.269. The van der Waals surface area contributed by atoms with Crippen LogP contribution in [0, 0.1) is 5.82 Å². The van der Waals surface area contributed by atoms with E-state index >= 15 is 0 Å². The molecule has 0 aliphatic rings. The molecular formula is C13H10BrClFN. The second-order valence-electron chi connectivity index (χ2n) is 3.70. The van der Waals surface area contributed by atoms with Gasteiger partial charge >= 0.3 is 0 Å². The fourth-order valence-corrected chi connectivity index (χ4v) is 2.00. The zero-order valence-corrected chi connectivity index (χ0v) is 11.2. The standard InChI is InChI=1S/C13H10BrClFN/c14-11-6-3-9(7-12(11)15)13(17)8-1-4-10(16)5-2-8/h1-7,13H,17H2. The van der Waals surface area contributed by atoms with Crippen molar-refractivity contribution in [2.45, 2.75) is 6.04 Å². The molecule has 1 nitrogen and oxygen atoms in total. The van der Waals surface area contributed by atoms with Crippen molar-refractivity contribution in [1.82, 2.24) is 0 Å². The molecule has 0 aliphatic heterocycles. The van der Waals surface area contributed by atoms with Gasteiger partial charge in [-0.3, -0.25) is 0 Å². The maximum atomic E-state index is 12.8. The third-order valence-electron chi connectivity index (χ3n) is 2.53. The van der Waals surface area contributed by atoms with Crippen molar-refractivity contribution in [3.63, 3.8) is 0 Å². The van der Waals surface area contributed by atoms with Gasteiger partial charge in [-0.2, -0.15) is 0 Å². The number of halogens is 3. The molecule has 17 heavy (non-hydrogen) atoms. The van der Waals surface area contributed by atoms with Crippen LogP contribution in [0.2, 0.25) is 5.02 Å². The zero-order chi connectivity index (χ0) is 12.4. The van der Waals surface area contributed by atoms with Crippen LogP contribution in [0.1, 0.15) is 17.2 Å². The Kier molecular flexibility index (Phi) is 3.82. The molecule has 0 aromatic heterocycles. The van der Waals surface area contributed by atoms with E-state index in [9.17, 15) is 4.39 Å². The summed E-state index contributed by atoms with van der Waals surface area (Å²) in [6.45, 7) is 0. The van der Waals surface area contributed by atoms with Gasteiger partial charge in [-0.25, -0.2) is 4.39 Å². The summed E-state index contributed by atoms with van der Waals surface area (Å²) in [5, 5.41) is 0.611. The lowest BCUT2D eigenvalue weighted by Crippen LogP contribution is -2.11. The first-order valence-electron chi connectivity index (χ1n) is 5.04. The summed E-state index contributed by atoms with van der Waals surface area (Å²) in [6.07, 6.45) is 0. The number of rotatable bonds is 2. The molecule has 0 radical (unpaired) electrons. The van der Waals surface area contributed by atoms with Crippen LogP contribution in [0.4, 0.5) is 4.39 Å². The molecule has 0 bridgehead atoms. The molecule has 0 heterocycles. The Morgan fingerprint density at radius 2 is 1.65 bits per heavy atom. The van der Waals surface area contributed by atoms with Crippen LogP contribution in [-0.2, 0) is 0 Å². The average Bonchev–Trinajstić information content (AvgIpc) is 2.33.